The Morgan fingerprint density at radius 1 is 0.906 bits per heavy atom. The highest BCUT2D eigenvalue weighted by molar-refractivity contribution is 6.02. The number of urea groups is 1. The third-order valence-corrected chi connectivity index (χ3v) is 6.38. The first-order valence-electron chi connectivity index (χ1n) is 11.5. The Kier molecular flexibility index (Phi) is 6.95. The number of nitrogens with one attached hydrogen (secondary N) is 2. The minimum Gasteiger partial charge on any atom is -0.371 e. The van der Waals surface area contributed by atoms with Gasteiger partial charge in [-0.1, -0.05) is 30.3 Å². The van der Waals surface area contributed by atoms with Crippen molar-refractivity contribution in [3.8, 4) is 0 Å². The quantitative estimate of drug-likeness (QED) is 0.754. The Hall–Kier alpha value is -3.06. The van der Waals surface area contributed by atoms with Gasteiger partial charge in [-0.3, -0.25) is 4.79 Å². The zero-order valence-corrected chi connectivity index (χ0v) is 19.0. The van der Waals surface area contributed by atoms with Crippen LogP contribution in [0.15, 0.2) is 48.5 Å². The van der Waals surface area contributed by atoms with Crippen LogP contribution >= 0.6 is 0 Å². The number of piperazine rings is 1. The van der Waals surface area contributed by atoms with Crippen LogP contribution in [-0.2, 0) is 0 Å². The summed E-state index contributed by atoms with van der Waals surface area (Å²) in [4.78, 5) is 32.4. The second-order valence-corrected chi connectivity index (χ2v) is 8.75. The van der Waals surface area contributed by atoms with Gasteiger partial charge in [-0.15, -0.1) is 0 Å². The fourth-order valence-electron chi connectivity index (χ4n) is 4.34. The molecule has 2 aromatic carbocycles. The van der Waals surface area contributed by atoms with Gasteiger partial charge in [-0.25, -0.2) is 4.79 Å². The fourth-order valence-corrected chi connectivity index (χ4v) is 4.34. The van der Waals surface area contributed by atoms with Gasteiger partial charge in [-0.2, -0.15) is 0 Å². The third kappa shape index (κ3) is 5.22. The topological polar surface area (TPSA) is 67.9 Å². The van der Waals surface area contributed by atoms with Gasteiger partial charge < -0.3 is 25.3 Å². The molecule has 1 unspecified atom stereocenters. The van der Waals surface area contributed by atoms with Gasteiger partial charge in [0.25, 0.3) is 5.91 Å². The zero-order valence-electron chi connectivity index (χ0n) is 19.0. The number of carbonyl (C=O) groups is 2. The van der Waals surface area contributed by atoms with Crippen LogP contribution < -0.4 is 15.5 Å². The average molecular weight is 436 g/mol. The SMILES string of the molecule is CC(NC(=O)c1cc(NC(=O)N2CCN(C)CC2)ccc1N1CCCC1)c1ccccc1. The van der Waals surface area contributed by atoms with Crippen molar-refractivity contribution < 1.29 is 9.59 Å². The summed E-state index contributed by atoms with van der Waals surface area (Å²) < 4.78 is 0. The summed E-state index contributed by atoms with van der Waals surface area (Å²) in [5, 5.41) is 6.13. The molecule has 2 aromatic rings. The van der Waals surface area contributed by atoms with Crippen molar-refractivity contribution in [3.63, 3.8) is 0 Å². The van der Waals surface area contributed by atoms with E-state index < -0.39 is 0 Å². The monoisotopic (exact) mass is 435 g/mol. The minimum atomic E-state index is -0.126. The fraction of sp³-hybridized carbons (Fsp3) is 0.440. The molecule has 0 bridgehead atoms. The molecule has 1 atom stereocenters. The van der Waals surface area contributed by atoms with Crippen LogP contribution in [0.4, 0.5) is 16.2 Å². The van der Waals surface area contributed by atoms with Gasteiger partial charge in [0.1, 0.15) is 0 Å². The van der Waals surface area contributed by atoms with Gasteiger partial charge in [-0.05, 0) is 50.6 Å². The van der Waals surface area contributed by atoms with Crippen LogP contribution in [0.2, 0.25) is 0 Å². The van der Waals surface area contributed by atoms with Crippen molar-refractivity contribution >= 4 is 23.3 Å². The van der Waals surface area contributed by atoms with E-state index in [1.165, 1.54) is 0 Å². The van der Waals surface area contributed by atoms with Crippen LogP contribution in [0.1, 0.15) is 41.7 Å². The molecule has 0 spiro atoms. The van der Waals surface area contributed by atoms with Crippen molar-refractivity contribution in [1.29, 1.82) is 0 Å². The lowest BCUT2D eigenvalue weighted by atomic mass is 10.1. The van der Waals surface area contributed by atoms with Crippen molar-refractivity contribution in [2.24, 2.45) is 0 Å². The summed E-state index contributed by atoms with van der Waals surface area (Å²) in [5.74, 6) is -0.126. The highest BCUT2D eigenvalue weighted by Crippen LogP contribution is 2.28. The molecule has 2 saturated heterocycles. The van der Waals surface area contributed by atoms with Crippen LogP contribution in [0.3, 0.4) is 0 Å². The Balaban J connectivity index is 1.53. The molecule has 2 aliphatic heterocycles. The number of benzene rings is 2. The molecule has 2 fully saturated rings. The molecule has 0 aliphatic carbocycles. The van der Waals surface area contributed by atoms with E-state index in [9.17, 15) is 9.59 Å². The zero-order chi connectivity index (χ0) is 22.5. The van der Waals surface area contributed by atoms with E-state index in [1.54, 1.807) is 0 Å². The lowest BCUT2D eigenvalue weighted by molar-refractivity contribution is 0.0940. The van der Waals surface area contributed by atoms with Crippen LogP contribution in [0, 0.1) is 0 Å². The highest BCUT2D eigenvalue weighted by atomic mass is 16.2. The van der Waals surface area contributed by atoms with Crippen LogP contribution in [0.5, 0.6) is 0 Å². The molecule has 7 nitrogen and oxygen atoms in total. The molecule has 3 amide bonds. The van der Waals surface area contributed by atoms with Gasteiger partial charge in [0.2, 0.25) is 0 Å². The molecule has 0 aromatic heterocycles. The maximum absolute atomic E-state index is 13.3. The molecular weight excluding hydrogens is 402 g/mol. The number of hydrogen-bond acceptors (Lipinski definition) is 4. The largest absolute Gasteiger partial charge is 0.371 e. The summed E-state index contributed by atoms with van der Waals surface area (Å²) in [7, 11) is 2.06. The van der Waals surface area contributed by atoms with E-state index in [-0.39, 0.29) is 18.0 Å². The second kappa shape index (κ2) is 10.0. The highest BCUT2D eigenvalue weighted by Gasteiger charge is 2.23. The Bertz CT molecular complexity index is 935. The van der Waals surface area contributed by atoms with Gasteiger partial charge in [0, 0.05) is 50.6 Å². The number of likely N-dealkylation sites (N-methyl/N-ethyl adjacent to an activating group) is 1. The normalized spacial score (nSPS) is 17.8. The van der Waals surface area contributed by atoms with Crippen molar-refractivity contribution in [3.05, 3.63) is 59.7 Å². The number of amides is 3. The first-order valence-corrected chi connectivity index (χ1v) is 11.5. The van der Waals surface area contributed by atoms with E-state index in [0.29, 0.717) is 24.3 Å². The summed E-state index contributed by atoms with van der Waals surface area (Å²) in [6.07, 6.45) is 2.26. The average Bonchev–Trinajstić information content (AvgIpc) is 3.35. The van der Waals surface area contributed by atoms with Gasteiger partial charge in [0.05, 0.1) is 11.6 Å². The third-order valence-electron chi connectivity index (χ3n) is 6.38. The summed E-state index contributed by atoms with van der Waals surface area (Å²) in [6, 6.07) is 15.4. The second-order valence-electron chi connectivity index (χ2n) is 8.75. The van der Waals surface area contributed by atoms with E-state index in [1.807, 2.05) is 60.4 Å². The van der Waals surface area contributed by atoms with Gasteiger partial charge in [0.15, 0.2) is 0 Å². The molecule has 2 aliphatic rings. The molecule has 4 rings (SSSR count). The number of anilines is 2. The summed E-state index contributed by atoms with van der Waals surface area (Å²) >= 11 is 0. The lowest BCUT2D eigenvalue weighted by Gasteiger charge is -2.32. The summed E-state index contributed by atoms with van der Waals surface area (Å²) in [6.45, 7) is 7.02. The standard InChI is InChI=1S/C25H33N5O2/c1-19(20-8-4-3-5-9-20)26-24(31)22-18-21(10-11-23(22)29-12-6-7-13-29)27-25(32)30-16-14-28(2)15-17-30/h3-5,8-11,18-19H,6-7,12-17H2,1-2H3,(H,26,31)(H,27,32). The Morgan fingerprint density at radius 2 is 1.59 bits per heavy atom. The summed E-state index contributed by atoms with van der Waals surface area (Å²) in [5.41, 5.74) is 3.24. The van der Waals surface area contributed by atoms with Gasteiger partial charge >= 0.3 is 6.03 Å². The van der Waals surface area contributed by atoms with Crippen LogP contribution in [0.25, 0.3) is 0 Å². The van der Waals surface area contributed by atoms with Crippen molar-refractivity contribution in [1.82, 2.24) is 15.1 Å². The van der Waals surface area contributed by atoms with Crippen molar-refractivity contribution in [2.45, 2.75) is 25.8 Å². The predicted molar refractivity (Wildman–Crippen MR) is 128 cm³/mol. The maximum atomic E-state index is 13.3. The van der Waals surface area contributed by atoms with E-state index in [2.05, 4.69) is 27.5 Å². The first-order chi connectivity index (χ1) is 15.5. The minimum absolute atomic E-state index is 0.112. The molecule has 0 saturated carbocycles. The molecule has 7 heteroatoms. The molecule has 170 valence electrons. The molecule has 2 heterocycles. The molecule has 0 radical (unpaired) electrons. The predicted octanol–water partition coefficient (Wildman–Crippen LogP) is 3.56. The molecular formula is C25H33N5O2. The first kappa shape index (κ1) is 22.1. The van der Waals surface area contributed by atoms with Crippen molar-refractivity contribution in [2.75, 3.05) is 56.5 Å². The van der Waals surface area contributed by atoms with E-state index >= 15 is 0 Å². The number of nitrogens with zero attached hydrogens (tertiary/aromatic N) is 3. The number of rotatable bonds is 5. The molecule has 32 heavy (non-hydrogen) atoms. The smallest absolute Gasteiger partial charge is 0.321 e. The lowest BCUT2D eigenvalue weighted by Crippen LogP contribution is -2.48. The number of carbonyl (C=O) groups excluding carboxylic acids is 2. The number of hydrogen-bond donors (Lipinski definition) is 2. The van der Waals surface area contributed by atoms with Crippen LogP contribution in [-0.4, -0.2) is 68.1 Å². The molecule has 2 N–H and O–H groups in total. The van der Waals surface area contributed by atoms with E-state index in [4.69, 9.17) is 0 Å². The Morgan fingerprint density at radius 3 is 2.28 bits per heavy atom. The maximum Gasteiger partial charge on any atom is 0.321 e. The van der Waals surface area contributed by atoms with E-state index in [0.717, 1.165) is 50.3 Å². The Labute approximate surface area is 190 Å².